The SMILES string of the molecule is CCC1(CC)NC(=O)N(C[C@H](O)COc2c(C)ccc(C)c2C)C1=O. The molecule has 1 saturated heterocycles. The molecule has 0 saturated carbocycles. The number of carbonyl (C=O) groups is 2. The third kappa shape index (κ3) is 3.63. The van der Waals surface area contributed by atoms with Crippen molar-refractivity contribution in [2.75, 3.05) is 13.2 Å². The minimum atomic E-state index is -0.946. The van der Waals surface area contributed by atoms with E-state index < -0.39 is 17.7 Å². The molecule has 1 heterocycles. The molecule has 0 radical (unpaired) electrons. The number of hydrogen-bond donors (Lipinski definition) is 2. The summed E-state index contributed by atoms with van der Waals surface area (Å²) in [5, 5.41) is 13.0. The van der Waals surface area contributed by atoms with Crippen LogP contribution < -0.4 is 10.1 Å². The molecule has 2 rings (SSSR count). The molecule has 6 nitrogen and oxygen atoms in total. The number of aliphatic hydroxyl groups excluding tert-OH is 1. The number of amides is 3. The second kappa shape index (κ2) is 7.44. The van der Waals surface area contributed by atoms with Gasteiger partial charge >= 0.3 is 6.03 Å². The van der Waals surface area contributed by atoms with Crippen LogP contribution in [0.4, 0.5) is 4.79 Å². The molecular formula is C19H28N2O4. The number of carbonyl (C=O) groups excluding carboxylic acids is 2. The zero-order chi connectivity index (χ0) is 18.8. The summed E-state index contributed by atoms with van der Waals surface area (Å²) < 4.78 is 5.78. The number of rotatable bonds is 7. The Morgan fingerprint density at radius 1 is 1.16 bits per heavy atom. The zero-order valence-corrected chi connectivity index (χ0v) is 15.7. The lowest BCUT2D eigenvalue weighted by atomic mass is 9.93. The van der Waals surface area contributed by atoms with E-state index in [1.165, 1.54) is 0 Å². The molecule has 0 unspecified atom stereocenters. The van der Waals surface area contributed by atoms with E-state index in [0.717, 1.165) is 27.3 Å². The fourth-order valence-corrected chi connectivity index (χ4v) is 3.16. The van der Waals surface area contributed by atoms with Crippen molar-refractivity contribution in [3.63, 3.8) is 0 Å². The topological polar surface area (TPSA) is 78.9 Å². The van der Waals surface area contributed by atoms with E-state index >= 15 is 0 Å². The van der Waals surface area contributed by atoms with Gasteiger partial charge in [0.1, 0.15) is 24.0 Å². The lowest BCUT2D eigenvalue weighted by Gasteiger charge is -2.24. The second-order valence-electron chi connectivity index (χ2n) is 6.75. The van der Waals surface area contributed by atoms with Gasteiger partial charge in [-0.1, -0.05) is 26.0 Å². The van der Waals surface area contributed by atoms with Crippen molar-refractivity contribution in [3.05, 3.63) is 28.8 Å². The average molecular weight is 348 g/mol. The van der Waals surface area contributed by atoms with Crippen molar-refractivity contribution in [2.45, 2.75) is 59.1 Å². The van der Waals surface area contributed by atoms with Gasteiger partial charge in [-0.25, -0.2) is 4.79 Å². The molecule has 2 N–H and O–H groups in total. The average Bonchev–Trinajstić information content (AvgIpc) is 2.83. The Labute approximate surface area is 149 Å². The molecular weight excluding hydrogens is 320 g/mol. The van der Waals surface area contributed by atoms with Gasteiger partial charge in [-0.05, 0) is 50.3 Å². The molecule has 1 aliphatic heterocycles. The second-order valence-corrected chi connectivity index (χ2v) is 6.75. The number of hydrogen-bond acceptors (Lipinski definition) is 4. The van der Waals surface area contributed by atoms with Crippen LogP contribution >= 0.6 is 0 Å². The predicted octanol–water partition coefficient (Wildman–Crippen LogP) is 2.46. The lowest BCUT2D eigenvalue weighted by Crippen LogP contribution is -2.46. The van der Waals surface area contributed by atoms with Gasteiger partial charge in [-0.2, -0.15) is 0 Å². The van der Waals surface area contributed by atoms with E-state index in [-0.39, 0.29) is 19.1 Å². The largest absolute Gasteiger partial charge is 0.490 e. The number of ether oxygens (including phenoxy) is 1. The van der Waals surface area contributed by atoms with Crippen LogP contribution in [0.25, 0.3) is 0 Å². The minimum Gasteiger partial charge on any atom is -0.490 e. The number of urea groups is 1. The first kappa shape index (κ1) is 19.2. The number of nitrogens with one attached hydrogen (secondary N) is 1. The number of nitrogens with zero attached hydrogens (tertiary/aromatic N) is 1. The third-order valence-corrected chi connectivity index (χ3v) is 5.14. The number of imide groups is 1. The summed E-state index contributed by atoms with van der Waals surface area (Å²) in [6, 6.07) is 3.55. The van der Waals surface area contributed by atoms with Crippen LogP contribution in [-0.2, 0) is 4.79 Å². The lowest BCUT2D eigenvalue weighted by molar-refractivity contribution is -0.132. The highest BCUT2D eigenvalue weighted by Gasteiger charge is 2.48. The number of aryl methyl sites for hydroxylation is 2. The van der Waals surface area contributed by atoms with Crippen molar-refractivity contribution in [3.8, 4) is 5.75 Å². The molecule has 1 aliphatic rings. The Hall–Kier alpha value is -2.08. The van der Waals surface area contributed by atoms with Crippen molar-refractivity contribution in [1.82, 2.24) is 10.2 Å². The van der Waals surface area contributed by atoms with E-state index in [1.807, 2.05) is 46.8 Å². The number of benzene rings is 1. The van der Waals surface area contributed by atoms with Gasteiger partial charge in [0.05, 0.1) is 6.54 Å². The van der Waals surface area contributed by atoms with Crippen LogP contribution in [0.1, 0.15) is 43.4 Å². The van der Waals surface area contributed by atoms with Gasteiger partial charge in [-0.3, -0.25) is 9.69 Å². The molecule has 3 amide bonds. The van der Waals surface area contributed by atoms with Gasteiger partial charge in [0, 0.05) is 0 Å². The first-order valence-electron chi connectivity index (χ1n) is 8.77. The van der Waals surface area contributed by atoms with Gasteiger partial charge in [0.25, 0.3) is 5.91 Å². The van der Waals surface area contributed by atoms with Gasteiger partial charge in [0.15, 0.2) is 0 Å². The minimum absolute atomic E-state index is 0.0213. The highest BCUT2D eigenvalue weighted by molar-refractivity contribution is 6.07. The summed E-state index contributed by atoms with van der Waals surface area (Å²) in [7, 11) is 0. The number of aliphatic hydroxyl groups is 1. The summed E-state index contributed by atoms with van der Waals surface area (Å²) in [6.45, 7) is 9.60. The Morgan fingerprint density at radius 2 is 1.76 bits per heavy atom. The fraction of sp³-hybridized carbons (Fsp3) is 0.579. The standard InChI is InChI=1S/C19H28N2O4/c1-6-19(7-2)17(23)21(18(24)20-19)10-15(22)11-25-16-13(4)9-8-12(3)14(16)5/h8-9,15,22H,6-7,10-11H2,1-5H3,(H,20,24)/t15-/m0/s1. The van der Waals surface area contributed by atoms with Crippen LogP contribution in [0.3, 0.4) is 0 Å². The molecule has 1 aromatic carbocycles. The van der Waals surface area contributed by atoms with E-state index in [1.54, 1.807) is 0 Å². The van der Waals surface area contributed by atoms with Crippen molar-refractivity contribution < 1.29 is 19.4 Å². The van der Waals surface area contributed by atoms with Crippen LogP contribution in [0.15, 0.2) is 12.1 Å². The van der Waals surface area contributed by atoms with Crippen LogP contribution in [0.2, 0.25) is 0 Å². The maximum Gasteiger partial charge on any atom is 0.325 e. The Morgan fingerprint density at radius 3 is 2.32 bits per heavy atom. The predicted molar refractivity (Wildman–Crippen MR) is 95.7 cm³/mol. The molecule has 25 heavy (non-hydrogen) atoms. The van der Waals surface area contributed by atoms with Gasteiger partial charge in [-0.15, -0.1) is 0 Å². The molecule has 0 aliphatic carbocycles. The summed E-state index contributed by atoms with van der Waals surface area (Å²) in [5.41, 5.74) is 2.28. The van der Waals surface area contributed by atoms with Crippen molar-refractivity contribution in [1.29, 1.82) is 0 Å². The third-order valence-electron chi connectivity index (χ3n) is 5.14. The Bertz CT molecular complexity index is 668. The molecule has 0 aromatic heterocycles. The fourth-order valence-electron chi connectivity index (χ4n) is 3.16. The van der Waals surface area contributed by atoms with Crippen molar-refractivity contribution in [2.24, 2.45) is 0 Å². The van der Waals surface area contributed by atoms with Gasteiger partial charge in [0.2, 0.25) is 0 Å². The highest BCUT2D eigenvalue weighted by atomic mass is 16.5. The van der Waals surface area contributed by atoms with Crippen LogP contribution in [0, 0.1) is 20.8 Å². The first-order valence-corrected chi connectivity index (χ1v) is 8.77. The quantitative estimate of drug-likeness (QED) is 0.742. The zero-order valence-electron chi connectivity index (χ0n) is 15.7. The van der Waals surface area contributed by atoms with Gasteiger partial charge < -0.3 is 15.2 Å². The maximum absolute atomic E-state index is 12.6. The summed E-state index contributed by atoms with van der Waals surface area (Å²) in [6.07, 6.45) is 0.107. The first-order chi connectivity index (χ1) is 11.8. The molecule has 1 aromatic rings. The van der Waals surface area contributed by atoms with Crippen molar-refractivity contribution >= 4 is 11.9 Å². The molecule has 138 valence electrons. The molecule has 6 heteroatoms. The summed E-state index contributed by atoms with van der Waals surface area (Å²) >= 11 is 0. The Balaban J connectivity index is 2.02. The summed E-state index contributed by atoms with van der Waals surface area (Å²) in [5.74, 6) is 0.470. The molecule has 0 bridgehead atoms. The monoisotopic (exact) mass is 348 g/mol. The summed E-state index contributed by atoms with van der Waals surface area (Å²) in [4.78, 5) is 25.8. The van der Waals surface area contributed by atoms with E-state index in [0.29, 0.717) is 12.8 Å². The molecule has 0 spiro atoms. The Kier molecular flexibility index (Phi) is 5.72. The maximum atomic E-state index is 12.6. The van der Waals surface area contributed by atoms with E-state index in [4.69, 9.17) is 4.74 Å². The molecule has 1 fully saturated rings. The normalized spacial score (nSPS) is 17.6. The molecule has 1 atom stereocenters. The smallest absolute Gasteiger partial charge is 0.325 e. The van der Waals surface area contributed by atoms with Crippen LogP contribution in [-0.4, -0.2) is 46.7 Å². The number of β-amino-alcohol motifs (C(OH)–C–C–N with tert-alkyl or cyclic N) is 1. The van der Waals surface area contributed by atoms with E-state index in [9.17, 15) is 14.7 Å². The highest BCUT2D eigenvalue weighted by Crippen LogP contribution is 2.27. The van der Waals surface area contributed by atoms with E-state index in [2.05, 4.69) is 5.32 Å². The van der Waals surface area contributed by atoms with Crippen LogP contribution in [0.5, 0.6) is 5.75 Å².